The van der Waals surface area contributed by atoms with Gasteiger partial charge in [0.1, 0.15) is 0 Å². The summed E-state index contributed by atoms with van der Waals surface area (Å²) in [5.74, 6) is 0. The van der Waals surface area contributed by atoms with Gasteiger partial charge in [0.15, 0.2) is 0 Å². The van der Waals surface area contributed by atoms with Crippen LogP contribution >= 0.6 is 7.37 Å². The molecule has 104 valence electrons. The van der Waals surface area contributed by atoms with Crippen LogP contribution in [0.15, 0.2) is 60.7 Å². The van der Waals surface area contributed by atoms with Gasteiger partial charge in [0.25, 0.3) is 0 Å². The zero-order valence-corrected chi connectivity index (χ0v) is 12.5. The monoisotopic (exact) mass is 286 g/mol. The largest absolute Gasteiger partial charge is 0.331 e. The van der Waals surface area contributed by atoms with E-state index >= 15 is 0 Å². The Bertz CT molecular complexity index is 558. The van der Waals surface area contributed by atoms with E-state index < -0.39 is 7.37 Å². The molecular formula is C17H19O2P. The summed E-state index contributed by atoms with van der Waals surface area (Å²) >= 11 is 0. The maximum Gasteiger partial charge on any atom is 0.217 e. The Morgan fingerprint density at radius 1 is 0.850 bits per heavy atom. The molecule has 0 aromatic heterocycles. The lowest BCUT2D eigenvalue weighted by Gasteiger charge is -2.24. The normalized spacial score (nSPS) is 24.6. The Balaban J connectivity index is 1.99. The fourth-order valence-corrected chi connectivity index (χ4v) is 6.38. The van der Waals surface area contributed by atoms with Gasteiger partial charge < -0.3 is 4.52 Å². The number of rotatable bonds is 3. The Morgan fingerprint density at radius 3 is 1.60 bits per heavy atom. The van der Waals surface area contributed by atoms with Crippen molar-refractivity contribution < 1.29 is 9.09 Å². The lowest BCUT2D eigenvalue weighted by Crippen LogP contribution is -2.00. The van der Waals surface area contributed by atoms with E-state index in [0.717, 1.165) is 24.0 Å². The minimum Gasteiger partial charge on any atom is -0.331 e. The molecule has 0 radical (unpaired) electrons. The van der Waals surface area contributed by atoms with Crippen LogP contribution in [0.5, 0.6) is 0 Å². The van der Waals surface area contributed by atoms with Crippen LogP contribution in [0, 0.1) is 0 Å². The Hall–Kier alpha value is -1.37. The van der Waals surface area contributed by atoms with Crippen molar-refractivity contribution in [3.05, 3.63) is 71.8 Å². The molecule has 20 heavy (non-hydrogen) atoms. The summed E-state index contributed by atoms with van der Waals surface area (Å²) in [5, 5.41) is 0. The van der Waals surface area contributed by atoms with Crippen molar-refractivity contribution in [2.24, 2.45) is 0 Å². The van der Waals surface area contributed by atoms with Gasteiger partial charge in [-0.3, -0.25) is 4.57 Å². The first-order valence-corrected chi connectivity index (χ1v) is 8.77. The molecule has 2 nitrogen and oxygen atoms in total. The summed E-state index contributed by atoms with van der Waals surface area (Å²) in [4.78, 5) is 0. The molecule has 1 aliphatic rings. The van der Waals surface area contributed by atoms with Gasteiger partial charge in [0.05, 0.1) is 11.3 Å². The molecule has 2 aromatic carbocycles. The van der Waals surface area contributed by atoms with Gasteiger partial charge in [-0.15, -0.1) is 0 Å². The summed E-state index contributed by atoms with van der Waals surface area (Å²) in [6.45, 7) is 0. The van der Waals surface area contributed by atoms with Crippen LogP contribution in [-0.2, 0) is 9.09 Å². The maximum absolute atomic E-state index is 13.4. The Morgan fingerprint density at radius 2 is 1.25 bits per heavy atom. The highest BCUT2D eigenvalue weighted by molar-refractivity contribution is 7.60. The second-order valence-corrected chi connectivity index (χ2v) is 8.16. The van der Waals surface area contributed by atoms with Crippen LogP contribution in [0.2, 0.25) is 0 Å². The molecule has 1 saturated heterocycles. The molecule has 0 saturated carbocycles. The topological polar surface area (TPSA) is 26.3 Å². The summed E-state index contributed by atoms with van der Waals surface area (Å²) < 4.78 is 19.0. The molecule has 0 aliphatic carbocycles. The van der Waals surface area contributed by atoms with Crippen molar-refractivity contribution in [1.29, 1.82) is 0 Å². The first-order valence-electron chi connectivity index (χ1n) is 7.01. The van der Waals surface area contributed by atoms with Gasteiger partial charge in [-0.2, -0.15) is 0 Å². The van der Waals surface area contributed by atoms with Gasteiger partial charge in [0.2, 0.25) is 7.37 Å². The molecule has 0 N–H and O–H groups in total. The highest BCUT2D eigenvalue weighted by Crippen LogP contribution is 2.76. The third-order valence-electron chi connectivity index (χ3n) is 4.24. The second-order valence-electron chi connectivity index (χ2n) is 5.26. The highest BCUT2D eigenvalue weighted by atomic mass is 31.2. The fraction of sp³-hybridized carbons (Fsp3) is 0.294. The van der Waals surface area contributed by atoms with Gasteiger partial charge >= 0.3 is 0 Å². The molecule has 3 rings (SSSR count). The lowest BCUT2D eigenvalue weighted by atomic mass is 10.0. The minimum atomic E-state index is -2.72. The summed E-state index contributed by atoms with van der Waals surface area (Å²) in [6, 6.07) is 20.2. The average Bonchev–Trinajstić information content (AvgIpc) is 2.87. The quantitative estimate of drug-likeness (QED) is 0.726. The molecule has 0 amide bonds. The third-order valence-corrected chi connectivity index (χ3v) is 7.66. The van der Waals surface area contributed by atoms with E-state index in [-0.39, 0.29) is 11.3 Å². The van der Waals surface area contributed by atoms with Crippen LogP contribution in [0.3, 0.4) is 0 Å². The van der Waals surface area contributed by atoms with Crippen molar-refractivity contribution in [3.8, 4) is 0 Å². The number of benzene rings is 2. The number of hydrogen-bond acceptors (Lipinski definition) is 2. The first-order chi connectivity index (χ1) is 9.75. The van der Waals surface area contributed by atoms with E-state index in [1.807, 2.05) is 36.4 Å². The van der Waals surface area contributed by atoms with Crippen LogP contribution in [0.25, 0.3) is 0 Å². The first kappa shape index (κ1) is 13.6. The molecule has 1 heterocycles. The zero-order chi connectivity index (χ0) is 14.0. The van der Waals surface area contributed by atoms with E-state index in [0.29, 0.717) is 0 Å². The SMILES string of the molecule is COP1(=O)[C@@H](c2ccccc2)CC[C@@H]1c1ccccc1. The molecule has 0 spiro atoms. The fourth-order valence-electron chi connectivity index (χ4n) is 3.25. The molecule has 2 aromatic rings. The Kier molecular flexibility index (Phi) is 3.78. The van der Waals surface area contributed by atoms with Crippen molar-refractivity contribution in [3.63, 3.8) is 0 Å². The highest BCUT2D eigenvalue weighted by Gasteiger charge is 2.47. The molecule has 0 unspecified atom stereocenters. The van der Waals surface area contributed by atoms with E-state index in [1.165, 1.54) is 0 Å². The standard InChI is InChI=1S/C17H19O2P/c1-19-20(18)16(14-8-4-2-5-9-14)12-13-17(20)15-10-6-3-7-11-15/h2-11,16-17H,12-13H2,1H3/t16-,17-/m1/s1. The second kappa shape index (κ2) is 5.55. The van der Waals surface area contributed by atoms with Crippen LogP contribution in [0.4, 0.5) is 0 Å². The summed E-state index contributed by atoms with van der Waals surface area (Å²) in [6.07, 6.45) is 1.85. The average molecular weight is 286 g/mol. The number of hydrogen-bond donors (Lipinski definition) is 0. The summed E-state index contributed by atoms with van der Waals surface area (Å²) in [7, 11) is -1.12. The zero-order valence-electron chi connectivity index (χ0n) is 11.6. The maximum atomic E-state index is 13.4. The Labute approximate surface area is 120 Å². The van der Waals surface area contributed by atoms with E-state index in [2.05, 4.69) is 24.3 Å². The predicted molar refractivity (Wildman–Crippen MR) is 82.2 cm³/mol. The van der Waals surface area contributed by atoms with Gasteiger partial charge in [-0.25, -0.2) is 0 Å². The van der Waals surface area contributed by atoms with Gasteiger partial charge in [-0.1, -0.05) is 60.7 Å². The van der Waals surface area contributed by atoms with E-state index in [9.17, 15) is 4.57 Å². The van der Waals surface area contributed by atoms with E-state index in [4.69, 9.17) is 4.52 Å². The third kappa shape index (κ3) is 2.24. The lowest BCUT2D eigenvalue weighted by molar-refractivity contribution is 0.383. The van der Waals surface area contributed by atoms with Crippen molar-refractivity contribution in [2.75, 3.05) is 7.11 Å². The van der Waals surface area contributed by atoms with E-state index in [1.54, 1.807) is 7.11 Å². The van der Waals surface area contributed by atoms with Crippen LogP contribution in [0.1, 0.15) is 35.3 Å². The molecule has 3 heteroatoms. The predicted octanol–water partition coefficient (Wildman–Crippen LogP) is 5.19. The van der Waals surface area contributed by atoms with Gasteiger partial charge in [-0.05, 0) is 24.0 Å². The van der Waals surface area contributed by atoms with Crippen molar-refractivity contribution in [1.82, 2.24) is 0 Å². The van der Waals surface area contributed by atoms with Crippen LogP contribution in [-0.4, -0.2) is 7.11 Å². The van der Waals surface area contributed by atoms with Crippen molar-refractivity contribution in [2.45, 2.75) is 24.2 Å². The van der Waals surface area contributed by atoms with Crippen LogP contribution < -0.4 is 0 Å². The van der Waals surface area contributed by atoms with Crippen molar-refractivity contribution >= 4 is 7.37 Å². The molecular weight excluding hydrogens is 267 g/mol. The summed E-state index contributed by atoms with van der Waals surface area (Å²) in [5.41, 5.74) is 2.32. The molecule has 2 atom stereocenters. The van der Waals surface area contributed by atoms with Gasteiger partial charge in [0, 0.05) is 7.11 Å². The minimum absolute atomic E-state index is 0.0268. The molecule has 1 aliphatic heterocycles. The smallest absolute Gasteiger partial charge is 0.217 e. The molecule has 0 bridgehead atoms. The molecule has 1 fully saturated rings.